The molecule has 0 bridgehead atoms. The molecule has 1 heterocycles. The number of hydrogen-bond acceptors (Lipinski definition) is 4. The lowest BCUT2D eigenvalue weighted by Gasteiger charge is -2.40. The Morgan fingerprint density at radius 3 is 2.58 bits per heavy atom. The summed E-state index contributed by atoms with van der Waals surface area (Å²) < 4.78 is 5.27. The van der Waals surface area contributed by atoms with Crippen LogP contribution in [0.2, 0.25) is 0 Å². The standard InChI is InChI=1S/C17H23N3O4/c1-12(21)20-9-8-19(11-14(20)17(23)18-2)16(22)10-13-6-4-5-7-15(13)24-3/h4-7,14H,8-11H2,1-3H3,(H,18,23)/t14-/m1/s1. The van der Waals surface area contributed by atoms with Crippen molar-refractivity contribution in [3.05, 3.63) is 29.8 Å². The van der Waals surface area contributed by atoms with E-state index in [0.717, 1.165) is 5.56 Å². The first-order valence-electron chi connectivity index (χ1n) is 7.86. The van der Waals surface area contributed by atoms with Crippen LogP contribution in [-0.4, -0.2) is 67.4 Å². The highest BCUT2D eigenvalue weighted by atomic mass is 16.5. The fourth-order valence-corrected chi connectivity index (χ4v) is 2.90. The minimum atomic E-state index is -0.650. The van der Waals surface area contributed by atoms with Crippen LogP contribution in [0.4, 0.5) is 0 Å². The SMILES string of the molecule is CNC(=O)[C@H]1CN(C(=O)Cc2ccccc2OC)CCN1C(C)=O. The van der Waals surface area contributed by atoms with Crippen LogP contribution in [0.25, 0.3) is 0 Å². The topological polar surface area (TPSA) is 79.0 Å². The molecule has 24 heavy (non-hydrogen) atoms. The molecule has 1 aromatic carbocycles. The smallest absolute Gasteiger partial charge is 0.244 e. The van der Waals surface area contributed by atoms with Gasteiger partial charge in [-0.15, -0.1) is 0 Å². The number of rotatable bonds is 4. The highest BCUT2D eigenvalue weighted by Crippen LogP contribution is 2.19. The van der Waals surface area contributed by atoms with Crippen LogP contribution < -0.4 is 10.1 Å². The molecule has 0 unspecified atom stereocenters. The predicted molar refractivity (Wildman–Crippen MR) is 88.5 cm³/mol. The van der Waals surface area contributed by atoms with Gasteiger partial charge < -0.3 is 19.9 Å². The molecule has 1 atom stereocenters. The van der Waals surface area contributed by atoms with Crippen LogP contribution in [0.5, 0.6) is 5.75 Å². The third kappa shape index (κ3) is 3.84. The molecule has 0 aromatic heterocycles. The normalized spacial score (nSPS) is 17.4. The Morgan fingerprint density at radius 2 is 1.96 bits per heavy atom. The zero-order valence-corrected chi connectivity index (χ0v) is 14.2. The molecule has 0 spiro atoms. The third-order valence-electron chi connectivity index (χ3n) is 4.22. The number of carbonyl (C=O) groups excluding carboxylic acids is 3. The van der Waals surface area contributed by atoms with E-state index in [1.165, 1.54) is 18.9 Å². The number of para-hydroxylation sites is 1. The molecule has 0 radical (unpaired) electrons. The Bertz CT molecular complexity index is 632. The average Bonchev–Trinajstić information content (AvgIpc) is 2.60. The molecule has 1 fully saturated rings. The summed E-state index contributed by atoms with van der Waals surface area (Å²) >= 11 is 0. The second-order valence-electron chi connectivity index (χ2n) is 5.67. The van der Waals surface area contributed by atoms with Crippen LogP contribution in [0, 0.1) is 0 Å². The molecule has 7 heteroatoms. The number of methoxy groups -OCH3 is 1. The summed E-state index contributed by atoms with van der Waals surface area (Å²) in [4.78, 5) is 39.5. The van der Waals surface area contributed by atoms with Crippen molar-refractivity contribution in [3.63, 3.8) is 0 Å². The quantitative estimate of drug-likeness (QED) is 0.844. The Kier molecular flexibility index (Phi) is 5.78. The number of piperazine rings is 1. The molecule has 0 aliphatic carbocycles. The number of amides is 3. The van der Waals surface area contributed by atoms with E-state index in [4.69, 9.17) is 4.74 Å². The van der Waals surface area contributed by atoms with Gasteiger partial charge in [-0.1, -0.05) is 18.2 Å². The minimum absolute atomic E-state index is 0.0865. The zero-order chi connectivity index (χ0) is 17.7. The van der Waals surface area contributed by atoms with Gasteiger partial charge in [0.05, 0.1) is 20.1 Å². The van der Waals surface area contributed by atoms with Crippen molar-refractivity contribution in [2.75, 3.05) is 33.8 Å². The summed E-state index contributed by atoms with van der Waals surface area (Å²) in [7, 11) is 3.09. The highest BCUT2D eigenvalue weighted by molar-refractivity contribution is 5.88. The maximum absolute atomic E-state index is 12.6. The average molecular weight is 333 g/mol. The van der Waals surface area contributed by atoms with Crippen LogP contribution in [0.15, 0.2) is 24.3 Å². The van der Waals surface area contributed by atoms with E-state index in [1.807, 2.05) is 24.3 Å². The molecule has 0 saturated carbocycles. The lowest BCUT2D eigenvalue weighted by atomic mass is 10.1. The van der Waals surface area contributed by atoms with Gasteiger partial charge in [0.2, 0.25) is 17.7 Å². The summed E-state index contributed by atoms with van der Waals surface area (Å²) in [5, 5.41) is 2.56. The van der Waals surface area contributed by atoms with E-state index in [0.29, 0.717) is 18.8 Å². The monoisotopic (exact) mass is 333 g/mol. The number of nitrogens with zero attached hydrogens (tertiary/aromatic N) is 2. The number of nitrogens with one attached hydrogen (secondary N) is 1. The fraction of sp³-hybridized carbons (Fsp3) is 0.471. The van der Waals surface area contributed by atoms with E-state index in [-0.39, 0.29) is 30.7 Å². The lowest BCUT2D eigenvalue weighted by Crippen LogP contribution is -2.61. The number of likely N-dealkylation sites (N-methyl/N-ethyl adjacent to an activating group) is 1. The van der Waals surface area contributed by atoms with Gasteiger partial charge in [0.1, 0.15) is 11.8 Å². The van der Waals surface area contributed by atoms with E-state index in [9.17, 15) is 14.4 Å². The Hall–Kier alpha value is -2.57. The highest BCUT2D eigenvalue weighted by Gasteiger charge is 2.35. The van der Waals surface area contributed by atoms with Gasteiger partial charge in [0.25, 0.3) is 0 Å². The van der Waals surface area contributed by atoms with E-state index in [1.54, 1.807) is 12.0 Å². The second kappa shape index (κ2) is 7.81. The first-order valence-corrected chi connectivity index (χ1v) is 7.86. The van der Waals surface area contributed by atoms with Gasteiger partial charge in [-0.05, 0) is 6.07 Å². The number of carbonyl (C=O) groups is 3. The van der Waals surface area contributed by atoms with Gasteiger partial charge in [0, 0.05) is 32.6 Å². The van der Waals surface area contributed by atoms with Gasteiger partial charge in [-0.2, -0.15) is 0 Å². The number of benzene rings is 1. The maximum Gasteiger partial charge on any atom is 0.244 e. The van der Waals surface area contributed by atoms with Crippen molar-refractivity contribution >= 4 is 17.7 Å². The van der Waals surface area contributed by atoms with E-state index < -0.39 is 6.04 Å². The van der Waals surface area contributed by atoms with Crippen molar-refractivity contribution in [3.8, 4) is 5.75 Å². The van der Waals surface area contributed by atoms with Crippen molar-refractivity contribution in [2.24, 2.45) is 0 Å². The number of hydrogen-bond donors (Lipinski definition) is 1. The molecule has 1 saturated heterocycles. The maximum atomic E-state index is 12.6. The molecule has 1 N–H and O–H groups in total. The molecular weight excluding hydrogens is 310 g/mol. The summed E-state index contributed by atoms with van der Waals surface area (Å²) in [5.74, 6) is 0.146. The van der Waals surface area contributed by atoms with Crippen LogP contribution in [0.1, 0.15) is 12.5 Å². The molecule has 7 nitrogen and oxygen atoms in total. The summed E-state index contributed by atoms with van der Waals surface area (Å²) in [6.07, 6.45) is 0.199. The molecular formula is C17H23N3O4. The van der Waals surface area contributed by atoms with Gasteiger partial charge in [-0.3, -0.25) is 14.4 Å². The van der Waals surface area contributed by atoms with Crippen LogP contribution in [-0.2, 0) is 20.8 Å². The lowest BCUT2D eigenvalue weighted by molar-refractivity contribution is -0.146. The van der Waals surface area contributed by atoms with Crippen LogP contribution in [0.3, 0.4) is 0 Å². The molecule has 2 rings (SSSR count). The Balaban J connectivity index is 2.10. The van der Waals surface area contributed by atoms with Crippen molar-refractivity contribution in [1.82, 2.24) is 15.1 Å². The Labute approximate surface area is 141 Å². The molecule has 1 aromatic rings. The molecule has 130 valence electrons. The fourth-order valence-electron chi connectivity index (χ4n) is 2.90. The first-order chi connectivity index (χ1) is 11.5. The van der Waals surface area contributed by atoms with Crippen molar-refractivity contribution in [2.45, 2.75) is 19.4 Å². The summed E-state index contributed by atoms with van der Waals surface area (Å²) in [5.41, 5.74) is 0.801. The second-order valence-corrected chi connectivity index (χ2v) is 5.67. The van der Waals surface area contributed by atoms with E-state index >= 15 is 0 Å². The molecule has 1 aliphatic heterocycles. The number of ether oxygens (including phenoxy) is 1. The van der Waals surface area contributed by atoms with Crippen LogP contribution >= 0.6 is 0 Å². The van der Waals surface area contributed by atoms with Crippen molar-refractivity contribution < 1.29 is 19.1 Å². The first kappa shape index (κ1) is 17.8. The molecule has 1 aliphatic rings. The molecule has 3 amide bonds. The van der Waals surface area contributed by atoms with Gasteiger partial charge in [-0.25, -0.2) is 0 Å². The van der Waals surface area contributed by atoms with Gasteiger partial charge in [0.15, 0.2) is 0 Å². The third-order valence-corrected chi connectivity index (χ3v) is 4.22. The van der Waals surface area contributed by atoms with E-state index in [2.05, 4.69) is 5.32 Å². The van der Waals surface area contributed by atoms with Gasteiger partial charge >= 0.3 is 0 Å². The van der Waals surface area contributed by atoms with Crippen molar-refractivity contribution in [1.29, 1.82) is 0 Å². The Morgan fingerprint density at radius 1 is 1.25 bits per heavy atom. The minimum Gasteiger partial charge on any atom is -0.496 e. The largest absolute Gasteiger partial charge is 0.496 e. The summed E-state index contributed by atoms with van der Waals surface area (Å²) in [6.45, 7) is 2.40. The zero-order valence-electron chi connectivity index (χ0n) is 14.2. The predicted octanol–water partition coefficient (Wildman–Crippen LogP) is 0.0430. The summed E-state index contributed by atoms with van der Waals surface area (Å²) in [6, 6.07) is 6.71.